The smallest absolute Gasteiger partial charge is 0.397 e. The first-order valence-electron chi connectivity index (χ1n) is 6.48. The number of carbonyl (C=O) groups is 1. The SMILES string of the molecule is O=C(CC(F)(F)F)Nc1cccc(COCc2ccco2)c1. The van der Waals surface area contributed by atoms with Gasteiger partial charge in [-0.15, -0.1) is 0 Å². The number of carbonyl (C=O) groups excluding carboxylic acids is 1. The molecule has 0 aliphatic heterocycles. The number of halogens is 3. The third kappa shape index (κ3) is 5.61. The first-order chi connectivity index (χ1) is 10.4. The second-order valence-corrected chi connectivity index (χ2v) is 4.61. The molecule has 0 saturated heterocycles. The summed E-state index contributed by atoms with van der Waals surface area (Å²) >= 11 is 0. The average molecular weight is 313 g/mol. The monoisotopic (exact) mass is 313 g/mol. The second kappa shape index (κ2) is 7.13. The van der Waals surface area contributed by atoms with E-state index >= 15 is 0 Å². The molecular weight excluding hydrogens is 299 g/mol. The fourth-order valence-corrected chi connectivity index (χ4v) is 1.79. The zero-order valence-electron chi connectivity index (χ0n) is 11.5. The van der Waals surface area contributed by atoms with Crippen molar-refractivity contribution in [2.24, 2.45) is 0 Å². The Balaban J connectivity index is 1.85. The van der Waals surface area contributed by atoms with Crippen LogP contribution in [0.5, 0.6) is 0 Å². The van der Waals surface area contributed by atoms with Gasteiger partial charge >= 0.3 is 6.18 Å². The molecule has 0 radical (unpaired) electrons. The highest BCUT2D eigenvalue weighted by atomic mass is 19.4. The zero-order chi connectivity index (χ0) is 16.0. The minimum absolute atomic E-state index is 0.254. The highest BCUT2D eigenvalue weighted by molar-refractivity contribution is 5.91. The van der Waals surface area contributed by atoms with Gasteiger partial charge in [0, 0.05) is 5.69 Å². The maximum atomic E-state index is 12.1. The van der Waals surface area contributed by atoms with E-state index in [9.17, 15) is 18.0 Å². The Labute approximate surface area is 124 Å². The molecule has 4 nitrogen and oxygen atoms in total. The molecule has 1 aromatic carbocycles. The number of furan rings is 1. The highest BCUT2D eigenvalue weighted by Crippen LogP contribution is 2.21. The quantitative estimate of drug-likeness (QED) is 0.880. The van der Waals surface area contributed by atoms with Gasteiger partial charge in [-0.3, -0.25) is 4.79 Å². The van der Waals surface area contributed by atoms with Crippen molar-refractivity contribution < 1.29 is 27.1 Å². The third-order valence-corrected chi connectivity index (χ3v) is 2.66. The summed E-state index contributed by atoms with van der Waals surface area (Å²) in [5, 5.41) is 2.21. The minimum atomic E-state index is -4.52. The summed E-state index contributed by atoms with van der Waals surface area (Å²) in [7, 11) is 0. The molecule has 1 N–H and O–H groups in total. The maximum Gasteiger partial charge on any atom is 0.397 e. The molecule has 0 aliphatic carbocycles. The fraction of sp³-hybridized carbons (Fsp3) is 0.267. The zero-order valence-corrected chi connectivity index (χ0v) is 11.5. The van der Waals surface area contributed by atoms with Crippen LogP contribution in [0.25, 0.3) is 0 Å². The predicted molar refractivity (Wildman–Crippen MR) is 72.9 cm³/mol. The lowest BCUT2D eigenvalue weighted by atomic mass is 10.2. The molecule has 0 atom stereocenters. The number of ether oxygens (including phenoxy) is 1. The number of amides is 1. The summed E-state index contributed by atoms with van der Waals surface area (Å²) in [6, 6.07) is 9.99. The van der Waals surface area contributed by atoms with E-state index in [1.807, 2.05) is 0 Å². The predicted octanol–water partition coefficient (Wildman–Crippen LogP) is 3.89. The van der Waals surface area contributed by atoms with Crippen LogP contribution in [0.3, 0.4) is 0 Å². The number of hydrogen-bond acceptors (Lipinski definition) is 3. The van der Waals surface area contributed by atoms with Crippen molar-refractivity contribution in [3.8, 4) is 0 Å². The molecule has 0 unspecified atom stereocenters. The van der Waals surface area contributed by atoms with Crippen molar-refractivity contribution in [3.05, 3.63) is 54.0 Å². The molecule has 0 saturated carbocycles. The molecule has 0 aliphatic rings. The first-order valence-corrected chi connectivity index (χ1v) is 6.48. The lowest BCUT2D eigenvalue weighted by Gasteiger charge is -2.09. The van der Waals surface area contributed by atoms with Crippen molar-refractivity contribution in [2.75, 3.05) is 5.32 Å². The molecular formula is C15H14F3NO3. The van der Waals surface area contributed by atoms with Crippen LogP contribution in [0.1, 0.15) is 17.7 Å². The number of anilines is 1. The minimum Gasteiger partial charge on any atom is -0.467 e. The Morgan fingerprint density at radius 2 is 2.00 bits per heavy atom. The molecule has 1 heterocycles. The van der Waals surface area contributed by atoms with Crippen LogP contribution in [0, 0.1) is 0 Å². The van der Waals surface area contributed by atoms with Crippen LogP contribution in [-0.4, -0.2) is 12.1 Å². The first kappa shape index (κ1) is 16.1. The molecule has 118 valence electrons. The van der Waals surface area contributed by atoms with Gasteiger partial charge in [-0.25, -0.2) is 0 Å². The van der Waals surface area contributed by atoms with Gasteiger partial charge in [0.05, 0.1) is 12.9 Å². The number of alkyl halides is 3. The summed E-state index contributed by atoms with van der Waals surface area (Å²) in [6.07, 6.45) is -4.49. The Bertz CT molecular complexity index is 609. The van der Waals surface area contributed by atoms with E-state index in [-0.39, 0.29) is 13.2 Å². The van der Waals surface area contributed by atoms with E-state index in [0.717, 1.165) is 5.56 Å². The lowest BCUT2D eigenvalue weighted by Crippen LogP contribution is -2.21. The number of benzene rings is 1. The standard InChI is InChI=1S/C15H14F3NO3/c16-15(17,18)8-14(20)19-12-4-1-3-11(7-12)9-21-10-13-5-2-6-22-13/h1-7H,8-10H2,(H,19,20). The van der Waals surface area contributed by atoms with Crippen molar-refractivity contribution >= 4 is 11.6 Å². The average Bonchev–Trinajstić information content (AvgIpc) is 2.90. The number of hydrogen-bond donors (Lipinski definition) is 1. The number of nitrogens with one attached hydrogen (secondary N) is 1. The molecule has 0 spiro atoms. The number of rotatable bonds is 6. The largest absolute Gasteiger partial charge is 0.467 e. The third-order valence-electron chi connectivity index (χ3n) is 2.66. The van der Waals surface area contributed by atoms with Gasteiger partial charge in [0.2, 0.25) is 5.91 Å². The van der Waals surface area contributed by atoms with E-state index in [1.54, 1.807) is 30.3 Å². The van der Waals surface area contributed by atoms with Crippen LogP contribution in [0.4, 0.5) is 18.9 Å². The summed E-state index contributed by atoms with van der Waals surface area (Å²) in [6.45, 7) is 0.543. The molecule has 1 amide bonds. The summed E-state index contributed by atoms with van der Waals surface area (Å²) < 4.78 is 46.8. The Kier molecular flexibility index (Phi) is 5.21. The normalized spacial score (nSPS) is 11.4. The topological polar surface area (TPSA) is 51.5 Å². The van der Waals surface area contributed by atoms with E-state index in [2.05, 4.69) is 5.32 Å². The van der Waals surface area contributed by atoms with Gasteiger partial charge in [-0.2, -0.15) is 13.2 Å². The van der Waals surface area contributed by atoms with Crippen molar-refractivity contribution in [3.63, 3.8) is 0 Å². The van der Waals surface area contributed by atoms with E-state index in [1.165, 1.54) is 12.3 Å². The van der Waals surface area contributed by atoms with Gasteiger partial charge in [-0.1, -0.05) is 12.1 Å². The molecule has 2 aromatic rings. The van der Waals surface area contributed by atoms with Crippen molar-refractivity contribution in [1.82, 2.24) is 0 Å². The molecule has 22 heavy (non-hydrogen) atoms. The molecule has 0 bridgehead atoms. The maximum absolute atomic E-state index is 12.1. The fourth-order valence-electron chi connectivity index (χ4n) is 1.79. The molecule has 1 aromatic heterocycles. The van der Waals surface area contributed by atoms with Gasteiger partial charge in [0.1, 0.15) is 18.8 Å². The van der Waals surface area contributed by atoms with Gasteiger partial charge in [0.25, 0.3) is 0 Å². The highest BCUT2D eigenvalue weighted by Gasteiger charge is 2.31. The second-order valence-electron chi connectivity index (χ2n) is 4.61. The molecule has 2 rings (SSSR count). The van der Waals surface area contributed by atoms with Crippen molar-refractivity contribution in [2.45, 2.75) is 25.8 Å². The molecule has 7 heteroatoms. The van der Waals surface area contributed by atoms with Crippen LogP contribution >= 0.6 is 0 Å². The summed E-state index contributed by atoms with van der Waals surface area (Å²) in [5.41, 5.74) is 1.03. The lowest BCUT2D eigenvalue weighted by molar-refractivity contribution is -0.150. The van der Waals surface area contributed by atoms with Crippen LogP contribution in [0.15, 0.2) is 47.1 Å². The van der Waals surface area contributed by atoms with Crippen LogP contribution < -0.4 is 5.32 Å². The molecule has 0 fully saturated rings. The van der Waals surface area contributed by atoms with Gasteiger partial charge in [-0.05, 0) is 29.8 Å². The van der Waals surface area contributed by atoms with Gasteiger partial charge < -0.3 is 14.5 Å². The van der Waals surface area contributed by atoms with Crippen LogP contribution in [-0.2, 0) is 22.7 Å². The summed E-state index contributed by atoms with van der Waals surface area (Å²) in [4.78, 5) is 11.2. The Morgan fingerprint density at radius 3 is 2.68 bits per heavy atom. The van der Waals surface area contributed by atoms with Gasteiger partial charge in [0.15, 0.2) is 0 Å². The van der Waals surface area contributed by atoms with Crippen molar-refractivity contribution in [1.29, 1.82) is 0 Å². The van der Waals surface area contributed by atoms with E-state index in [0.29, 0.717) is 11.4 Å². The Hall–Kier alpha value is -2.28. The Morgan fingerprint density at radius 1 is 1.18 bits per heavy atom. The van der Waals surface area contributed by atoms with E-state index < -0.39 is 18.5 Å². The van der Waals surface area contributed by atoms with Crippen LogP contribution in [0.2, 0.25) is 0 Å². The summed E-state index contributed by atoms with van der Waals surface area (Å²) in [5.74, 6) is -0.421. The van der Waals surface area contributed by atoms with E-state index in [4.69, 9.17) is 9.15 Å².